The van der Waals surface area contributed by atoms with Crippen molar-refractivity contribution in [3.05, 3.63) is 34.5 Å². The summed E-state index contributed by atoms with van der Waals surface area (Å²) in [4.78, 5) is 11.8. The maximum Gasteiger partial charge on any atom is 0.287 e. The number of carbonyl (C=O) groups is 1. The summed E-state index contributed by atoms with van der Waals surface area (Å²) >= 11 is 3.37. The standard InChI is InChI=1S/C13H14BrNO3/c1-8(16)5-6-15-13(17)11-7-9-3-2-4-10(14)12(9)18-11/h2-4,7-8,16H,5-6H2,1H3,(H,15,17). The molecule has 1 aromatic carbocycles. The molecule has 0 aliphatic heterocycles. The smallest absolute Gasteiger partial charge is 0.287 e. The van der Waals surface area contributed by atoms with E-state index in [2.05, 4.69) is 21.2 Å². The molecule has 0 aliphatic carbocycles. The molecule has 1 heterocycles. The van der Waals surface area contributed by atoms with Crippen LogP contribution in [0.25, 0.3) is 11.0 Å². The van der Waals surface area contributed by atoms with Crippen molar-refractivity contribution in [2.24, 2.45) is 0 Å². The average Bonchev–Trinajstić information content (AvgIpc) is 2.74. The first-order valence-electron chi connectivity index (χ1n) is 5.72. The lowest BCUT2D eigenvalue weighted by Gasteiger charge is -2.04. The van der Waals surface area contributed by atoms with Gasteiger partial charge in [0, 0.05) is 11.9 Å². The fraction of sp³-hybridized carbons (Fsp3) is 0.308. The molecule has 5 heteroatoms. The number of furan rings is 1. The van der Waals surface area contributed by atoms with Gasteiger partial charge in [-0.1, -0.05) is 12.1 Å². The molecule has 0 saturated heterocycles. The van der Waals surface area contributed by atoms with Gasteiger partial charge in [0.2, 0.25) is 0 Å². The highest BCUT2D eigenvalue weighted by molar-refractivity contribution is 9.10. The van der Waals surface area contributed by atoms with E-state index in [1.165, 1.54) is 0 Å². The van der Waals surface area contributed by atoms with Crippen molar-refractivity contribution in [1.29, 1.82) is 0 Å². The Morgan fingerprint density at radius 2 is 2.33 bits per heavy atom. The Bertz CT molecular complexity index is 562. The van der Waals surface area contributed by atoms with Crippen molar-refractivity contribution in [3.8, 4) is 0 Å². The predicted molar refractivity (Wildman–Crippen MR) is 72.5 cm³/mol. The third kappa shape index (κ3) is 2.91. The number of benzene rings is 1. The molecule has 1 aromatic heterocycles. The van der Waals surface area contributed by atoms with E-state index in [1.807, 2.05) is 18.2 Å². The number of hydrogen-bond donors (Lipinski definition) is 2. The molecular formula is C13H14BrNO3. The van der Waals surface area contributed by atoms with E-state index in [1.54, 1.807) is 13.0 Å². The Morgan fingerprint density at radius 3 is 3.00 bits per heavy atom. The van der Waals surface area contributed by atoms with Gasteiger partial charge in [0.25, 0.3) is 5.91 Å². The molecule has 1 atom stereocenters. The highest BCUT2D eigenvalue weighted by Gasteiger charge is 2.13. The highest BCUT2D eigenvalue weighted by Crippen LogP contribution is 2.26. The van der Waals surface area contributed by atoms with Crippen molar-refractivity contribution in [3.63, 3.8) is 0 Å². The molecule has 0 fully saturated rings. The number of rotatable bonds is 4. The molecule has 0 spiro atoms. The predicted octanol–water partition coefficient (Wildman–Crippen LogP) is 2.70. The zero-order valence-corrected chi connectivity index (χ0v) is 11.5. The van der Waals surface area contributed by atoms with E-state index in [0.717, 1.165) is 9.86 Å². The Kier molecular flexibility index (Phi) is 4.04. The molecule has 0 radical (unpaired) electrons. The van der Waals surface area contributed by atoms with Crippen LogP contribution in [0.4, 0.5) is 0 Å². The fourth-order valence-corrected chi connectivity index (χ4v) is 2.08. The SMILES string of the molecule is CC(O)CCNC(=O)c1cc2cccc(Br)c2o1. The van der Waals surface area contributed by atoms with E-state index in [-0.39, 0.29) is 11.7 Å². The number of hydrogen-bond acceptors (Lipinski definition) is 3. The van der Waals surface area contributed by atoms with Crippen LogP contribution in [0, 0.1) is 0 Å². The quantitative estimate of drug-likeness (QED) is 0.912. The molecule has 0 bridgehead atoms. The Balaban J connectivity index is 2.11. The van der Waals surface area contributed by atoms with Gasteiger partial charge in [0.1, 0.15) is 5.58 Å². The first kappa shape index (κ1) is 13.1. The second-order valence-corrected chi connectivity index (χ2v) is 5.02. The minimum Gasteiger partial charge on any atom is -0.450 e. The van der Waals surface area contributed by atoms with Crippen LogP contribution in [-0.4, -0.2) is 23.7 Å². The van der Waals surface area contributed by atoms with Crippen LogP contribution >= 0.6 is 15.9 Å². The normalized spacial score (nSPS) is 12.6. The average molecular weight is 312 g/mol. The largest absolute Gasteiger partial charge is 0.450 e. The first-order chi connectivity index (χ1) is 8.58. The van der Waals surface area contributed by atoms with Crippen LogP contribution in [0.5, 0.6) is 0 Å². The third-order valence-electron chi connectivity index (χ3n) is 2.57. The number of amides is 1. The zero-order valence-electron chi connectivity index (χ0n) is 9.94. The monoisotopic (exact) mass is 311 g/mol. The summed E-state index contributed by atoms with van der Waals surface area (Å²) in [6.45, 7) is 2.11. The second kappa shape index (κ2) is 5.54. The van der Waals surface area contributed by atoms with Gasteiger partial charge in [-0.3, -0.25) is 4.79 Å². The van der Waals surface area contributed by atoms with Crippen LogP contribution in [-0.2, 0) is 0 Å². The highest BCUT2D eigenvalue weighted by atomic mass is 79.9. The fourth-order valence-electron chi connectivity index (χ4n) is 1.62. The first-order valence-corrected chi connectivity index (χ1v) is 6.51. The van der Waals surface area contributed by atoms with Gasteiger partial charge in [-0.25, -0.2) is 0 Å². The molecule has 4 nitrogen and oxygen atoms in total. The topological polar surface area (TPSA) is 62.5 Å². The molecule has 1 amide bonds. The van der Waals surface area contributed by atoms with Gasteiger partial charge < -0.3 is 14.8 Å². The summed E-state index contributed by atoms with van der Waals surface area (Å²) in [5, 5.41) is 12.7. The molecule has 0 saturated carbocycles. The van der Waals surface area contributed by atoms with Crippen LogP contribution in [0.2, 0.25) is 0 Å². The Labute approximate surface area is 113 Å². The van der Waals surface area contributed by atoms with Crippen molar-refractivity contribution in [1.82, 2.24) is 5.32 Å². The van der Waals surface area contributed by atoms with Gasteiger partial charge >= 0.3 is 0 Å². The molecule has 2 aromatic rings. The van der Waals surface area contributed by atoms with E-state index < -0.39 is 6.10 Å². The van der Waals surface area contributed by atoms with Crippen molar-refractivity contribution < 1.29 is 14.3 Å². The Hall–Kier alpha value is -1.33. The maximum absolute atomic E-state index is 11.8. The lowest BCUT2D eigenvalue weighted by molar-refractivity contribution is 0.0920. The number of para-hydroxylation sites is 1. The molecule has 1 unspecified atom stereocenters. The van der Waals surface area contributed by atoms with Crippen molar-refractivity contribution >= 4 is 32.8 Å². The number of aliphatic hydroxyl groups excluding tert-OH is 1. The summed E-state index contributed by atoms with van der Waals surface area (Å²) in [5.41, 5.74) is 0.665. The lowest BCUT2D eigenvalue weighted by atomic mass is 10.2. The van der Waals surface area contributed by atoms with Gasteiger partial charge in [-0.2, -0.15) is 0 Å². The van der Waals surface area contributed by atoms with Gasteiger partial charge in [0.05, 0.1) is 10.6 Å². The summed E-state index contributed by atoms with van der Waals surface area (Å²) in [5.74, 6) is 0.0150. The molecule has 96 valence electrons. The van der Waals surface area contributed by atoms with E-state index in [9.17, 15) is 4.79 Å². The second-order valence-electron chi connectivity index (χ2n) is 4.16. The molecule has 2 N–H and O–H groups in total. The van der Waals surface area contributed by atoms with E-state index in [0.29, 0.717) is 18.5 Å². The number of aliphatic hydroxyl groups is 1. The van der Waals surface area contributed by atoms with E-state index >= 15 is 0 Å². The van der Waals surface area contributed by atoms with Gasteiger partial charge in [0.15, 0.2) is 5.76 Å². The van der Waals surface area contributed by atoms with Crippen molar-refractivity contribution in [2.45, 2.75) is 19.4 Å². The van der Waals surface area contributed by atoms with Crippen LogP contribution in [0.15, 0.2) is 33.2 Å². The van der Waals surface area contributed by atoms with Crippen molar-refractivity contribution in [2.75, 3.05) is 6.54 Å². The zero-order chi connectivity index (χ0) is 13.1. The number of carbonyl (C=O) groups excluding carboxylic acids is 1. The molecule has 2 rings (SSSR count). The molecule has 0 aliphatic rings. The molecular weight excluding hydrogens is 298 g/mol. The van der Waals surface area contributed by atoms with E-state index in [4.69, 9.17) is 9.52 Å². The maximum atomic E-state index is 11.8. The summed E-state index contributed by atoms with van der Waals surface area (Å²) < 4.78 is 6.32. The number of fused-ring (bicyclic) bond motifs is 1. The van der Waals surface area contributed by atoms with Crippen LogP contribution in [0.1, 0.15) is 23.9 Å². The van der Waals surface area contributed by atoms with Gasteiger partial charge in [-0.05, 0) is 41.4 Å². The van der Waals surface area contributed by atoms with Gasteiger partial charge in [-0.15, -0.1) is 0 Å². The lowest BCUT2D eigenvalue weighted by Crippen LogP contribution is -2.26. The summed E-state index contributed by atoms with van der Waals surface area (Å²) in [7, 11) is 0. The minimum absolute atomic E-state index is 0.265. The van der Waals surface area contributed by atoms with Crippen LogP contribution in [0.3, 0.4) is 0 Å². The Morgan fingerprint density at radius 1 is 1.56 bits per heavy atom. The van der Waals surface area contributed by atoms with Crippen LogP contribution < -0.4 is 5.32 Å². The molecule has 18 heavy (non-hydrogen) atoms. The summed E-state index contributed by atoms with van der Waals surface area (Å²) in [6, 6.07) is 7.34. The number of nitrogens with one attached hydrogen (secondary N) is 1. The minimum atomic E-state index is -0.421. The number of halogens is 1. The third-order valence-corrected chi connectivity index (χ3v) is 3.19. The summed E-state index contributed by atoms with van der Waals surface area (Å²) in [6.07, 6.45) is 0.102.